The molecule has 1 heterocycles. The second kappa shape index (κ2) is 13.7. The summed E-state index contributed by atoms with van der Waals surface area (Å²) in [5, 5.41) is 17.2. The van der Waals surface area contributed by atoms with Crippen LogP contribution < -0.4 is 18.9 Å². The van der Waals surface area contributed by atoms with Gasteiger partial charge in [-0.25, -0.2) is 9.63 Å². The summed E-state index contributed by atoms with van der Waals surface area (Å²) in [5.74, 6) is -0.314. The topological polar surface area (TPSA) is 142 Å². The van der Waals surface area contributed by atoms with Gasteiger partial charge in [-0.2, -0.15) is 9.97 Å². The van der Waals surface area contributed by atoms with Crippen molar-refractivity contribution in [3.05, 3.63) is 108 Å². The van der Waals surface area contributed by atoms with Gasteiger partial charge in [0.1, 0.15) is 5.75 Å². The SMILES string of the molecule is COc1cc(OC)nc(O[C@H](C(=O)Oc2ccc(CON(O)O)cc2)C(OC)(c2ccccc2)c2ccccc2)n1. The predicted molar refractivity (Wildman–Crippen MR) is 143 cm³/mol. The van der Waals surface area contributed by atoms with Crippen LogP contribution in [0.15, 0.2) is 91.0 Å². The zero-order valence-corrected chi connectivity index (χ0v) is 22.5. The third-order valence-electron chi connectivity index (χ3n) is 6.10. The molecule has 4 rings (SSSR count). The standard InChI is InChI=1S/C29H29N3O9/c1-36-24-18-25(37-2)31-28(30-24)41-26(27(33)40-23-16-14-20(15-17-23)19-39-32(34)35)29(38-3,21-10-6-4-7-11-21)22-12-8-5-9-13-22/h4-18,26,34-35H,19H2,1-3H3/t26-/m1/s1. The average Bonchev–Trinajstić information content (AvgIpc) is 3.01. The van der Waals surface area contributed by atoms with E-state index in [1.165, 1.54) is 39.5 Å². The van der Waals surface area contributed by atoms with Gasteiger partial charge in [0.05, 0.1) is 32.3 Å². The summed E-state index contributed by atoms with van der Waals surface area (Å²) in [5.41, 5.74) is 0.284. The third kappa shape index (κ3) is 6.95. The Morgan fingerprint density at radius 2 is 1.37 bits per heavy atom. The van der Waals surface area contributed by atoms with E-state index >= 15 is 0 Å². The monoisotopic (exact) mass is 563 g/mol. The molecule has 1 aromatic heterocycles. The van der Waals surface area contributed by atoms with Gasteiger partial charge in [0.2, 0.25) is 17.9 Å². The Labute approximate surface area is 236 Å². The Morgan fingerprint density at radius 3 is 1.83 bits per heavy atom. The molecule has 0 aliphatic rings. The first-order valence-electron chi connectivity index (χ1n) is 12.3. The van der Waals surface area contributed by atoms with E-state index in [-0.39, 0.29) is 35.5 Å². The Hall–Kier alpha value is -4.59. The highest BCUT2D eigenvalue weighted by atomic mass is 17.1. The fourth-order valence-electron chi connectivity index (χ4n) is 4.19. The molecule has 4 aromatic rings. The first-order chi connectivity index (χ1) is 19.9. The molecule has 0 aliphatic heterocycles. The van der Waals surface area contributed by atoms with Gasteiger partial charge in [-0.05, 0) is 28.8 Å². The van der Waals surface area contributed by atoms with Gasteiger partial charge in [-0.3, -0.25) is 10.4 Å². The average molecular weight is 564 g/mol. The van der Waals surface area contributed by atoms with Gasteiger partial charge in [0.15, 0.2) is 5.60 Å². The smallest absolute Gasteiger partial charge is 0.356 e. The van der Waals surface area contributed by atoms with Crippen LogP contribution in [0.3, 0.4) is 0 Å². The Bertz CT molecular complexity index is 1340. The molecule has 0 aliphatic carbocycles. The lowest BCUT2D eigenvalue weighted by atomic mass is 9.81. The molecule has 0 spiro atoms. The van der Waals surface area contributed by atoms with Crippen molar-refractivity contribution in [1.29, 1.82) is 0 Å². The number of carbonyl (C=O) groups excluding carboxylic acids is 1. The van der Waals surface area contributed by atoms with Crippen LogP contribution in [0.4, 0.5) is 0 Å². The molecule has 214 valence electrons. The number of nitrogens with zero attached hydrogens (tertiary/aromatic N) is 3. The first-order valence-corrected chi connectivity index (χ1v) is 12.3. The van der Waals surface area contributed by atoms with Crippen LogP contribution in [0.1, 0.15) is 16.7 Å². The predicted octanol–water partition coefficient (Wildman–Crippen LogP) is 3.95. The molecule has 12 nitrogen and oxygen atoms in total. The Balaban J connectivity index is 1.80. The molecule has 0 radical (unpaired) electrons. The second-order valence-corrected chi connectivity index (χ2v) is 8.50. The van der Waals surface area contributed by atoms with Crippen molar-refractivity contribution in [2.24, 2.45) is 0 Å². The minimum Gasteiger partial charge on any atom is -0.481 e. The number of esters is 1. The van der Waals surface area contributed by atoms with Gasteiger partial charge < -0.3 is 23.7 Å². The van der Waals surface area contributed by atoms with Gasteiger partial charge >= 0.3 is 12.0 Å². The van der Waals surface area contributed by atoms with Gasteiger partial charge in [0.25, 0.3) is 0 Å². The molecule has 0 unspecified atom stereocenters. The minimum atomic E-state index is -1.52. The molecule has 0 saturated carbocycles. The van der Waals surface area contributed by atoms with E-state index < -0.39 is 17.7 Å². The van der Waals surface area contributed by atoms with Crippen molar-refractivity contribution in [3.8, 4) is 23.5 Å². The van der Waals surface area contributed by atoms with E-state index in [2.05, 4.69) is 14.8 Å². The molecular weight excluding hydrogens is 534 g/mol. The maximum Gasteiger partial charge on any atom is 0.356 e. The molecule has 12 heteroatoms. The van der Waals surface area contributed by atoms with Crippen molar-refractivity contribution in [2.75, 3.05) is 21.3 Å². The summed E-state index contributed by atoms with van der Waals surface area (Å²) in [6.45, 7) is -0.128. The number of rotatable bonds is 13. The van der Waals surface area contributed by atoms with Crippen molar-refractivity contribution in [1.82, 2.24) is 15.4 Å². The van der Waals surface area contributed by atoms with Crippen LogP contribution in [-0.2, 0) is 26.6 Å². The molecule has 0 amide bonds. The zero-order chi connectivity index (χ0) is 29.2. The number of benzene rings is 3. The van der Waals surface area contributed by atoms with E-state index in [9.17, 15) is 4.79 Å². The number of hydrogen-bond acceptors (Lipinski definition) is 12. The molecule has 1 atom stereocenters. The van der Waals surface area contributed by atoms with Gasteiger partial charge in [0, 0.05) is 7.11 Å². The van der Waals surface area contributed by atoms with E-state index in [0.717, 1.165) is 0 Å². The maximum atomic E-state index is 14.0. The molecule has 0 saturated heterocycles. The van der Waals surface area contributed by atoms with E-state index in [4.69, 9.17) is 34.1 Å². The minimum absolute atomic E-state index is 0.128. The summed E-state index contributed by atoms with van der Waals surface area (Å²) in [4.78, 5) is 27.2. The van der Waals surface area contributed by atoms with Crippen molar-refractivity contribution in [3.63, 3.8) is 0 Å². The van der Waals surface area contributed by atoms with Crippen molar-refractivity contribution in [2.45, 2.75) is 18.3 Å². The summed E-state index contributed by atoms with van der Waals surface area (Å²) < 4.78 is 28.7. The molecule has 3 aromatic carbocycles. The van der Waals surface area contributed by atoms with E-state index in [1.807, 2.05) is 60.7 Å². The number of hydrogen-bond donors (Lipinski definition) is 2. The zero-order valence-electron chi connectivity index (χ0n) is 22.5. The fraction of sp³-hybridized carbons (Fsp3) is 0.207. The van der Waals surface area contributed by atoms with E-state index in [0.29, 0.717) is 16.7 Å². The second-order valence-electron chi connectivity index (χ2n) is 8.50. The third-order valence-corrected chi connectivity index (χ3v) is 6.10. The molecule has 0 fully saturated rings. The largest absolute Gasteiger partial charge is 0.481 e. The summed E-state index contributed by atoms with van der Waals surface area (Å²) in [7, 11) is 4.33. The molecule has 0 bridgehead atoms. The number of methoxy groups -OCH3 is 3. The molecule has 2 N–H and O–H groups in total. The highest BCUT2D eigenvalue weighted by Gasteiger charge is 2.50. The Kier molecular flexibility index (Phi) is 9.79. The summed E-state index contributed by atoms with van der Waals surface area (Å²) >= 11 is 0. The van der Waals surface area contributed by atoms with Crippen LogP contribution in [0.5, 0.6) is 23.5 Å². The molecular formula is C29H29N3O9. The lowest BCUT2D eigenvalue weighted by molar-refractivity contribution is -0.497. The quantitative estimate of drug-likeness (QED) is 0.138. The maximum absolute atomic E-state index is 14.0. The summed E-state index contributed by atoms with van der Waals surface area (Å²) in [6.07, 6.45) is -1.48. The van der Waals surface area contributed by atoms with Crippen LogP contribution in [-0.4, -0.2) is 59.2 Å². The summed E-state index contributed by atoms with van der Waals surface area (Å²) in [6, 6.07) is 25.7. The number of ether oxygens (including phenoxy) is 5. The van der Waals surface area contributed by atoms with Crippen molar-refractivity contribution >= 4 is 5.97 Å². The normalized spacial score (nSPS) is 12.0. The highest BCUT2D eigenvalue weighted by molar-refractivity contribution is 5.80. The lowest BCUT2D eigenvalue weighted by Crippen LogP contribution is -2.52. The van der Waals surface area contributed by atoms with Gasteiger partial charge in [-0.15, -0.1) is 0 Å². The fourth-order valence-corrected chi connectivity index (χ4v) is 4.19. The molecule has 41 heavy (non-hydrogen) atoms. The van der Waals surface area contributed by atoms with Crippen LogP contribution in [0.2, 0.25) is 0 Å². The van der Waals surface area contributed by atoms with Crippen LogP contribution in [0.25, 0.3) is 0 Å². The van der Waals surface area contributed by atoms with Gasteiger partial charge in [-0.1, -0.05) is 72.8 Å². The highest BCUT2D eigenvalue weighted by Crippen LogP contribution is 2.39. The first kappa shape index (κ1) is 29.4. The van der Waals surface area contributed by atoms with Crippen molar-refractivity contribution < 1.29 is 43.7 Å². The lowest BCUT2D eigenvalue weighted by Gasteiger charge is -2.38. The van der Waals surface area contributed by atoms with E-state index in [1.54, 1.807) is 12.1 Å². The van der Waals surface area contributed by atoms with Crippen LogP contribution >= 0.6 is 0 Å². The van der Waals surface area contributed by atoms with Crippen LogP contribution in [0, 0.1) is 0 Å². The number of carbonyl (C=O) groups is 1. The Morgan fingerprint density at radius 1 is 0.829 bits per heavy atom. The number of aromatic nitrogens is 2.